The van der Waals surface area contributed by atoms with E-state index in [-0.39, 0.29) is 23.6 Å². The van der Waals surface area contributed by atoms with Crippen LogP contribution in [-0.2, 0) is 4.74 Å². The molecule has 2 N–H and O–H groups in total. The normalized spacial score (nSPS) is 23.0. The van der Waals surface area contributed by atoms with Gasteiger partial charge in [0.25, 0.3) is 11.8 Å². The molecule has 7 heteroatoms. The number of pyridine rings is 1. The van der Waals surface area contributed by atoms with Crippen molar-refractivity contribution >= 4 is 17.5 Å². The lowest BCUT2D eigenvalue weighted by molar-refractivity contribution is 0.0897. The largest absolute Gasteiger partial charge is 0.383 e. The second kappa shape index (κ2) is 9.39. The molecule has 2 heterocycles. The molecule has 29 heavy (non-hydrogen) atoms. The third-order valence-electron chi connectivity index (χ3n) is 6.15. The molecule has 2 aromatic rings. The van der Waals surface area contributed by atoms with Crippen LogP contribution in [-0.4, -0.2) is 47.5 Å². The second-order valence-electron chi connectivity index (χ2n) is 8.33. The van der Waals surface area contributed by atoms with Crippen LogP contribution in [0.2, 0.25) is 0 Å². The van der Waals surface area contributed by atoms with Crippen molar-refractivity contribution in [2.45, 2.75) is 46.1 Å². The molecule has 4 atom stereocenters. The Kier molecular flexibility index (Phi) is 6.90. The number of rotatable bonds is 7. The average Bonchev–Trinajstić information content (AvgIpc) is 3.13. The minimum Gasteiger partial charge on any atom is -0.383 e. The van der Waals surface area contributed by atoms with Crippen LogP contribution in [0, 0.1) is 17.8 Å². The number of amides is 2. The Labute approximate surface area is 172 Å². The van der Waals surface area contributed by atoms with Crippen LogP contribution in [0.3, 0.4) is 0 Å². The maximum absolute atomic E-state index is 12.9. The summed E-state index contributed by atoms with van der Waals surface area (Å²) in [5, 5.41) is 5.94. The van der Waals surface area contributed by atoms with Crippen LogP contribution >= 0.6 is 0 Å². The maximum Gasteiger partial charge on any atom is 0.271 e. The van der Waals surface area contributed by atoms with E-state index in [1.165, 1.54) is 12.8 Å². The van der Waals surface area contributed by atoms with Crippen LogP contribution in [0.4, 0.5) is 0 Å². The molecule has 2 aromatic heterocycles. The van der Waals surface area contributed by atoms with Gasteiger partial charge in [-0.05, 0) is 43.2 Å². The first-order valence-corrected chi connectivity index (χ1v) is 10.5. The van der Waals surface area contributed by atoms with Crippen molar-refractivity contribution in [1.82, 2.24) is 20.0 Å². The molecule has 1 aliphatic carbocycles. The van der Waals surface area contributed by atoms with Gasteiger partial charge in [0.2, 0.25) is 0 Å². The third-order valence-corrected chi connectivity index (χ3v) is 6.15. The van der Waals surface area contributed by atoms with E-state index >= 15 is 0 Å². The Morgan fingerprint density at radius 2 is 2.07 bits per heavy atom. The standard InChI is InChI=1S/C22H32N4O3/c1-14-7-5-8-17(16(14)3)11-23-22(28)19-9-6-10-20-25-18(12-26(19)20)21(27)24-15(2)13-29-4/h6,9-10,12,14-17H,5,7-8,11,13H2,1-4H3,(H,23,28)(H,24,27). The summed E-state index contributed by atoms with van der Waals surface area (Å²) >= 11 is 0. The predicted octanol–water partition coefficient (Wildman–Crippen LogP) is 2.90. The SMILES string of the molecule is COCC(C)NC(=O)c1cn2c(C(=O)NCC3CCCC(C)C3C)cccc2n1. The van der Waals surface area contributed by atoms with E-state index in [0.717, 1.165) is 6.42 Å². The fraction of sp³-hybridized carbons (Fsp3) is 0.591. The highest BCUT2D eigenvalue weighted by Gasteiger charge is 2.27. The van der Waals surface area contributed by atoms with Crippen molar-refractivity contribution in [2.75, 3.05) is 20.3 Å². The molecular weight excluding hydrogens is 368 g/mol. The van der Waals surface area contributed by atoms with Gasteiger partial charge in [-0.3, -0.25) is 14.0 Å². The summed E-state index contributed by atoms with van der Waals surface area (Å²) in [5.74, 6) is 1.39. The second-order valence-corrected chi connectivity index (χ2v) is 8.33. The number of nitrogens with one attached hydrogen (secondary N) is 2. The van der Waals surface area contributed by atoms with Gasteiger partial charge in [0.1, 0.15) is 17.0 Å². The molecule has 2 amide bonds. The summed E-state index contributed by atoms with van der Waals surface area (Å²) in [4.78, 5) is 29.7. The molecule has 0 bridgehead atoms. The predicted molar refractivity (Wildman–Crippen MR) is 112 cm³/mol. The first kappa shape index (κ1) is 21.3. The monoisotopic (exact) mass is 400 g/mol. The molecule has 7 nitrogen and oxygen atoms in total. The molecule has 158 valence electrons. The van der Waals surface area contributed by atoms with Gasteiger partial charge in [-0.25, -0.2) is 4.98 Å². The fourth-order valence-corrected chi connectivity index (χ4v) is 4.19. The smallest absolute Gasteiger partial charge is 0.271 e. The highest BCUT2D eigenvalue weighted by atomic mass is 16.5. The van der Waals surface area contributed by atoms with Crippen molar-refractivity contribution in [1.29, 1.82) is 0 Å². The molecule has 0 radical (unpaired) electrons. The van der Waals surface area contributed by atoms with Gasteiger partial charge in [0.15, 0.2) is 0 Å². The van der Waals surface area contributed by atoms with E-state index in [4.69, 9.17) is 4.74 Å². The summed E-state index contributed by atoms with van der Waals surface area (Å²) in [6, 6.07) is 5.21. The number of nitrogens with zero attached hydrogens (tertiary/aromatic N) is 2. The minimum absolute atomic E-state index is 0.125. The van der Waals surface area contributed by atoms with E-state index in [1.807, 2.05) is 6.92 Å². The Bertz CT molecular complexity index is 863. The zero-order valence-electron chi connectivity index (χ0n) is 17.8. The average molecular weight is 401 g/mol. The summed E-state index contributed by atoms with van der Waals surface area (Å²) in [7, 11) is 1.59. The Balaban J connectivity index is 1.71. The van der Waals surface area contributed by atoms with Crippen molar-refractivity contribution in [3.63, 3.8) is 0 Å². The molecule has 1 aliphatic rings. The van der Waals surface area contributed by atoms with Crippen molar-refractivity contribution < 1.29 is 14.3 Å². The molecule has 0 aliphatic heterocycles. The summed E-state index contributed by atoms with van der Waals surface area (Å²) < 4.78 is 6.73. The number of hydrogen-bond donors (Lipinski definition) is 2. The number of hydrogen-bond acceptors (Lipinski definition) is 4. The number of fused-ring (bicyclic) bond motifs is 1. The van der Waals surface area contributed by atoms with Crippen molar-refractivity contribution in [3.8, 4) is 0 Å². The Morgan fingerprint density at radius 3 is 2.83 bits per heavy atom. The quantitative estimate of drug-likeness (QED) is 0.748. The number of ether oxygens (including phenoxy) is 1. The molecule has 1 saturated carbocycles. The van der Waals surface area contributed by atoms with E-state index in [0.29, 0.717) is 42.2 Å². The first-order valence-electron chi connectivity index (χ1n) is 10.5. The number of carbonyl (C=O) groups excluding carboxylic acids is 2. The highest BCUT2D eigenvalue weighted by Crippen LogP contribution is 2.33. The lowest BCUT2D eigenvalue weighted by Gasteiger charge is -2.34. The minimum atomic E-state index is -0.283. The van der Waals surface area contributed by atoms with Crippen LogP contribution < -0.4 is 10.6 Å². The van der Waals surface area contributed by atoms with Gasteiger partial charge in [-0.1, -0.05) is 32.8 Å². The summed E-state index contributed by atoms with van der Waals surface area (Å²) in [6.07, 6.45) is 5.27. The van der Waals surface area contributed by atoms with Gasteiger partial charge in [-0.2, -0.15) is 0 Å². The molecule has 1 fully saturated rings. The van der Waals surface area contributed by atoms with Crippen LogP contribution in [0.5, 0.6) is 0 Å². The van der Waals surface area contributed by atoms with Gasteiger partial charge in [0.05, 0.1) is 6.61 Å². The molecular formula is C22H32N4O3. The summed E-state index contributed by atoms with van der Waals surface area (Å²) in [5.41, 5.74) is 1.33. The Hall–Kier alpha value is -2.41. The van der Waals surface area contributed by atoms with Crippen LogP contribution in [0.25, 0.3) is 5.65 Å². The topological polar surface area (TPSA) is 84.7 Å². The molecule has 0 saturated heterocycles. The Morgan fingerprint density at radius 1 is 1.28 bits per heavy atom. The highest BCUT2D eigenvalue weighted by molar-refractivity contribution is 5.95. The van der Waals surface area contributed by atoms with Crippen molar-refractivity contribution in [2.24, 2.45) is 17.8 Å². The van der Waals surface area contributed by atoms with E-state index < -0.39 is 0 Å². The number of imidazole rings is 1. The molecule has 0 aromatic carbocycles. The maximum atomic E-state index is 12.9. The van der Waals surface area contributed by atoms with Gasteiger partial charge < -0.3 is 15.4 Å². The van der Waals surface area contributed by atoms with Gasteiger partial charge in [0, 0.05) is 25.9 Å². The zero-order valence-corrected chi connectivity index (χ0v) is 17.8. The number of methoxy groups -OCH3 is 1. The molecule has 4 unspecified atom stereocenters. The number of carbonyl (C=O) groups is 2. The lowest BCUT2D eigenvalue weighted by Crippen LogP contribution is -2.36. The van der Waals surface area contributed by atoms with E-state index in [1.54, 1.807) is 35.9 Å². The summed E-state index contributed by atoms with van der Waals surface area (Å²) in [6.45, 7) is 7.54. The molecule has 0 spiro atoms. The number of aromatic nitrogens is 2. The molecule has 3 rings (SSSR count). The van der Waals surface area contributed by atoms with Gasteiger partial charge in [-0.15, -0.1) is 0 Å². The fourth-order valence-electron chi connectivity index (χ4n) is 4.19. The van der Waals surface area contributed by atoms with Crippen molar-refractivity contribution in [3.05, 3.63) is 35.8 Å². The van der Waals surface area contributed by atoms with Crippen LogP contribution in [0.1, 0.15) is 61.0 Å². The van der Waals surface area contributed by atoms with E-state index in [9.17, 15) is 9.59 Å². The van der Waals surface area contributed by atoms with Crippen LogP contribution in [0.15, 0.2) is 24.4 Å². The third kappa shape index (κ3) is 4.96. The van der Waals surface area contributed by atoms with E-state index in [2.05, 4.69) is 29.5 Å². The lowest BCUT2D eigenvalue weighted by atomic mass is 9.74. The first-order chi connectivity index (χ1) is 13.9. The zero-order chi connectivity index (χ0) is 21.0. The van der Waals surface area contributed by atoms with Gasteiger partial charge >= 0.3 is 0 Å².